The van der Waals surface area contributed by atoms with E-state index in [1.165, 1.54) is 6.92 Å². The molecule has 1 amide bonds. The number of aromatic nitrogens is 2. The molecule has 0 aliphatic heterocycles. The van der Waals surface area contributed by atoms with Crippen molar-refractivity contribution in [3.05, 3.63) is 66.4 Å². The van der Waals surface area contributed by atoms with Crippen LogP contribution in [-0.2, 0) is 4.79 Å². The Balaban J connectivity index is 1.47. The quantitative estimate of drug-likeness (QED) is 0.349. The van der Waals surface area contributed by atoms with Crippen LogP contribution in [0.2, 0.25) is 0 Å². The summed E-state index contributed by atoms with van der Waals surface area (Å²) in [6, 6.07) is 16.7. The standard InChI is InChI=1S/C27H29N3O4/c1-17(29-18(2)31)19-9-11-23-25(13-19)34-26(30-23)24-12-10-22(15-28-24)33-21-8-6-7-20(14-21)32-16-27(3,4)5/h6-15,17H,16H2,1-5H3,(H,29,31). The topological polar surface area (TPSA) is 86.5 Å². The molecule has 0 bridgehead atoms. The van der Waals surface area contributed by atoms with E-state index in [9.17, 15) is 4.79 Å². The van der Waals surface area contributed by atoms with E-state index in [1.54, 1.807) is 12.3 Å². The lowest BCUT2D eigenvalue weighted by molar-refractivity contribution is -0.119. The lowest BCUT2D eigenvalue weighted by Crippen LogP contribution is -2.23. The van der Waals surface area contributed by atoms with Gasteiger partial charge in [-0.25, -0.2) is 9.97 Å². The largest absolute Gasteiger partial charge is 0.493 e. The number of fused-ring (bicyclic) bond motifs is 1. The Kier molecular flexibility index (Phi) is 6.54. The zero-order valence-electron chi connectivity index (χ0n) is 20.1. The van der Waals surface area contributed by atoms with Gasteiger partial charge < -0.3 is 19.2 Å². The van der Waals surface area contributed by atoms with E-state index in [-0.39, 0.29) is 17.4 Å². The SMILES string of the molecule is CC(=O)NC(C)c1ccc2nc(-c3ccc(Oc4cccc(OCC(C)(C)C)c4)cn3)oc2c1. The van der Waals surface area contributed by atoms with Crippen molar-refractivity contribution in [1.82, 2.24) is 15.3 Å². The Morgan fingerprint density at radius 2 is 1.85 bits per heavy atom. The summed E-state index contributed by atoms with van der Waals surface area (Å²) < 4.78 is 17.7. The van der Waals surface area contributed by atoms with Gasteiger partial charge in [0.1, 0.15) is 28.5 Å². The molecule has 2 aromatic heterocycles. The minimum atomic E-state index is -0.123. The maximum absolute atomic E-state index is 11.3. The molecular formula is C27H29N3O4. The first kappa shape index (κ1) is 23.3. The van der Waals surface area contributed by atoms with Crippen molar-refractivity contribution in [2.75, 3.05) is 6.61 Å². The van der Waals surface area contributed by atoms with Crippen LogP contribution in [0.5, 0.6) is 17.2 Å². The molecule has 34 heavy (non-hydrogen) atoms. The van der Waals surface area contributed by atoms with Gasteiger partial charge in [0.2, 0.25) is 11.8 Å². The smallest absolute Gasteiger partial charge is 0.246 e. The second-order valence-electron chi connectivity index (χ2n) is 9.47. The van der Waals surface area contributed by atoms with E-state index in [2.05, 4.69) is 36.1 Å². The maximum Gasteiger partial charge on any atom is 0.246 e. The zero-order chi connectivity index (χ0) is 24.3. The fourth-order valence-electron chi connectivity index (χ4n) is 3.34. The molecule has 2 heterocycles. The van der Waals surface area contributed by atoms with Gasteiger partial charge in [-0.2, -0.15) is 0 Å². The van der Waals surface area contributed by atoms with Crippen LogP contribution < -0.4 is 14.8 Å². The summed E-state index contributed by atoms with van der Waals surface area (Å²) in [5.41, 5.74) is 2.98. The highest BCUT2D eigenvalue weighted by Gasteiger charge is 2.14. The lowest BCUT2D eigenvalue weighted by Gasteiger charge is -2.19. The average molecular weight is 460 g/mol. The molecular weight excluding hydrogens is 430 g/mol. The lowest BCUT2D eigenvalue weighted by atomic mass is 9.99. The molecule has 1 atom stereocenters. The van der Waals surface area contributed by atoms with Crippen molar-refractivity contribution in [3.63, 3.8) is 0 Å². The number of benzene rings is 2. The van der Waals surface area contributed by atoms with E-state index in [0.29, 0.717) is 35.3 Å². The third kappa shape index (κ3) is 5.92. The fourth-order valence-corrected chi connectivity index (χ4v) is 3.34. The summed E-state index contributed by atoms with van der Waals surface area (Å²) >= 11 is 0. The van der Waals surface area contributed by atoms with Gasteiger partial charge in [0.15, 0.2) is 5.58 Å². The van der Waals surface area contributed by atoms with Gasteiger partial charge in [0.05, 0.1) is 18.8 Å². The van der Waals surface area contributed by atoms with Crippen molar-refractivity contribution in [2.45, 2.75) is 40.7 Å². The van der Waals surface area contributed by atoms with Crippen LogP contribution in [0.15, 0.2) is 65.2 Å². The molecule has 4 aromatic rings. The molecule has 1 N–H and O–H groups in total. The molecule has 0 aliphatic rings. The number of amides is 1. The minimum Gasteiger partial charge on any atom is -0.493 e. The van der Waals surface area contributed by atoms with Crippen molar-refractivity contribution in [1.29, 1.82) is 0 Å². The number of pyridine rings is 1. The van der Waals surface area contributed by atoms with E-state index in [0.717, 1.165) is 16.8 Å². The number of nitrogens with one attached hydrogen (secondary N) is 1. The molecule has 7 heteroatoms. The number of carbonyl (C=O) groups is 1. The van der Waals surface area contributed by atoms with Gasteiger partial charge in [0, 0.05) is 13.0 Å². The van der Waals surface area contributed by atoms with E-state index in [1.807, 2.05) is 55.5 Å². The van der Waals surface area contributed by atoms with E-state index >= 15 is 0 Å². The fraction of sp³-hybridized carbons (Fsp3) is 0.296. The number of hydrogen-bond acceptors (Lipinski definition) is 6. The molecule has 0 aliphatic carbocycles. The first-order chi connectivity index (χ1) is 16.2. The Labute approximate surface area is 199 Å². The molecule has 4 rings (SSSR count). The highest BCUT2D eigenvalue weighted by Crippen LogP contribution is 2.29. The van der Waals surface area contributed by atoms with Crippen LogP contribution in [0.3, 0.4) is 0 Å². The van der Waals surface area contributed by atoms with Gasteiger partial charge in [-0.05, 0) is 54.3 Å². The molecule has 0 radical (unpaired) electrons. The van der Waals surface area contributed by atoms with Crippen LogP contribution in [0.25, 0.3) is 22.7 Å². The zero-order valence-corrected chi connectivity index (χ0v) is 20.1. The number of rotatable bonds is 7. The first-order valence-electron chi connectivity index (χ1n) is 11.2. The summed E-state index contributed by atoms with van der Waals surface area (Å²) in [7, 11) is 0. The Morgan fingerprint density at radius 3 is 2.56 bits per heavy atom. The van der Waals surface area contributed by atoms with Crippen LogP contribution in [0.1, 0.15) is 46.2 Å². The third-order valence-corrected chi connectivity index (χ3v) is 5.00. The second kappa shape index (κ2) is 9.55. The van der Waals surface area contributed by atoms with E-state index < -0.39 is 0 Å². The Hall–Kier alpha value is -3.87. The number of ether oxygens (including phenoxy) is 2. The van der Waals surface area contributed by atoms with Crippen LogP contribution in [0, 0.1) is 5.41 Å². The Morgan fingerprint density at radius 1 is 1.06 bits per heavy atom. The molecule has 2 aromatic carbocycles. The highest BCUT2D eigenvalue weighted by atomic mass is 16.5. The van der Waals surface area contributed by atoms with Gasteiger partial charge in [-0.1, -0.05) is 32.9 Å². The molecule has 1 unspecified atom stereocenters. The average Bonchev–Trinajstić information content (AvgIpc) is 3.21. The second-order valence-corrected chi connectivity index (χ2v) is 9.47. The summed E-state index contributed by atoms with van der Waals surface area (Å²) in [6.07, 6.45) is 1.64. The van der Waals surface area contributed by atoms with Gasteiger partial charge in [-0.15, -0.1) is 0 Å². The summed E-state index contributed by atoms with van der Waals surface area (Å²) in [5.74, 6) is 2.36. The number of oxazole rings is 1. The van der Waals surface area contributed by atoms with Gasteiger partial charge in [0.25, 0.3) is 0 Å². The predicted molar refractivity (Wildman–Crippen MR) is 131 cm³/mol. The molecule has 0 spiro atoms. The molecule has 0 saturated carbocycles. The van der Waals surface area contributed by atoms with Crippen LogP contribution in [-0.4, -0.2) is 22.5 Å². The van der Waals surface area contributed by atoms with E-state index in [4.69, 9.17) is 13.9 Å². The number of nitrogens with zero attached hydrogens (tertiary/aromatic N) is 2. The first-order valence-corrected chi connectivity index (χ1v) is 11.2. The highest BCUT2D eigenvalue weighted by molar-refractivity contribution is 5.77. The van der Waals surface area contributed by atoms with Crippen molar-refractivity contribution in [2.24, 2.45) is 5.41 Å². The third-order valence-electron chi connectivity index (χ3n) is 5.00. The minimum absolute atomic E-state index is 0.0760. The van der Waals surface area contributed by atoms with Crippen LogP contribution in [0.4, 0.5) is 0 Å². The maximum atomic E-state index is 11.3. The van der Waals surface area contributed by atoms with Crippen LogP contribution >= 0.6 is 0 Å². The summed E-state index contributed by atoms with van der Waals surface area (Å²) in [4.78, 5) is 20.3. The monoisotopic (exact) mass is 459 g/mol. The van der Waals surface area contributed by atoms with Crippen molar-refractivity contribution >= 4 is 17.0 Å². The predicted octanol–water partition coefficient (Wildman–Crippen LogP) is 6.30. The number of carbonyl (C=O) groups excluding carboxylic acids is 1. The summed E-state index contributed by atoms with van der Waals surface area (Å²) in [5, 5.41) is 2.87. The van der Waals surface area contributed by atoms with Crippen molar-refractivity contribution in [3.8, 4) is 28.8 Å². The normalized spacial score (nSPS) is 12.4. The molecule has 7 nitrogen and oxygen atoms in total. The van der Waals surface area contributed by atoms with Gasteiger partial charge >= 0.3 is 0 Å². The van der Waals surface area contributed by atoms with Gasteiger partial charge in [-0.3, -0.25) is 4.79 Å². The van der Waals surface area contributed by atoms with Crippen molar-refractivity contribution < 1.29 is 18.7 Å². The number of hydrogen-bond donors (Lipinski definition) is 1. The molecule has 0 saturated heterocycles. The molecule has 0 fully saturated rings. The summed E-state index contributed by atoms with van der Waals surface area (Å²) in [6.45, 7) is 10.4. The molecule has 176 valence electrons. The Bertz CT molecular complexity index is 1290.